The lowest BCUT2D eigenvalue weighted by Crippen LogP contribution is -2.37. The van der Waals surface area contributed by atoms with Crippen molar-refractivity contribution in [2.45, 2.75) is 37.0 Å². The number of thioether (sulfide) groups is 1. The van der Waals surface area contributed by atoms with E-state index in [-0.39, 0.29) is 0 Å². The molecule has 0 spiro atoms. The highest BCUT2D eigenvalue weighted by atomic mass is 32.2. The van der Waals surface area contributed by atoms with Crippen molar-refractivity contribution in [1.82, 2.24) is 9.88 Å². The molecule has 0 radical (unpaired) electrons. The fraction of sp³-hybridized carbons (Fsp3) is 0.643. The number of likely N-dealkylation sites (N-methyl/N-ethyl adjacent to an activating group) is 1. The number of rotatable bonds is 5. The molecule has 0 saturated heterocycles. The summed E-state index contributed by atoms with van der Waals surface area (Å²) >= 11 is 2.03. The van der Waals surface area contributed by atoms with Crippen molar-refractivity contribution in [3.8, 4) is 0 Å². The van der Waals surface area contributed by atoms with Gasteiger partial charge in [-0.05, 0) is 38.3 Å². The van der Waals surface area contributed by atoms with Gasteiger partial charge in [0.15, 0.2) is 0 Å². The molecule has 94 valence electrons. The van der Waals surface area contributed by atoms with Gasteiger partial charge in [-0.3, -0.25) is 4.98 Å². The Hall–Kier alpha value is -0.540. The van der Waals surface area contributed by atoms with Gasteiger partial charge in [-0.15, -0.1) is 0 Å². The van der Waals surface area contributed by atoms with E-state index in [1.54, 1.807) is 0 Å². The van der Waals surface area contributed by atoms with Crippen molar-refractivity contribution in [3.63, 3.8) is 0 Å². The van der Waals surface area contributed by atoms with Crippen molar-refractivity contribution >= 4 is 11.8 Å². The molecule has 0 bridgehead atoms. The van der Waals surface area contributed by atoms with Gasteiger partial charge in [0.1, 0.15) is 0 Å². The Bertz CT molecular complexity index is 328. The van der Waals surface area contributed by atoms with Crippen molar-refractivity contribution in [2.75, 3.05) is 19.8 Å². The van der Waals surface area contributed by atoms with Crippen LogP contribution in [0.2, 0.25) is 0 Å². The topological polar surface area (TPSA) is 16.1 Å². The van der Waals surface area contributed by atoms with Crippen molar-refractivity contribution in [1.29, 1.82) is 0 Å². The number of pyridine rings is 1. The van der Waals surface area contributed by atoms with Gasteiger partial charge in [-0.1, -0.05) is 12.5 Å². The van der Waals surface area contributed by atoms with E-state index in [9.17, 15) is 0 Å². The second-order valence-electron chi connectivity index (χ2n) is 4.82. The quantitative estimate of drug-likeness (QED) is 0.799. The first kappa shape index (κ1) is 12.9. The van der Waals surface area contributed by atoms with E-state index in [4.69, 9.17) is 0 Å². The van der Waals surface area contributed by atoms with Crippen LogP contribution in [0.15, 0.2) is 24.4 Å². The average Bonchev–Trinajstić information content (AvgIpc) is 2.85. The normalized spacial score (nSPS) is 24.4. The van der Waals surface area contributed by atoms with Crippen LogP contribution < -0.4 is 0 Å². The summed E-state index contributed by atoms with van der Waals surface area (Å²) in [4.78, 5) is 6.92. The molecule has 0 unspecified atom stereocenters. The molecule has 1 saturated carbocycles. The number of aromatic nitrogens is 1. The third-order valence-corrected chi connectivity index (χ3v) is 4.89. The molecule has 3 heteroatoms. The molecule has 2 atom stereocenters. The molecular formula is C14H22N2S. The Kier molecular flexibility index (Phi) is 4.86. The predicted molar refractivity (Wildman–Crippen MR) is 75.5 cm³/mol. The summed E-state index contributed by atoms with van der Waals surface area (Å²) in [5.74, 6) is 0. The van der Waals surface area contributed by atoms with E-state index in [1.165, 1.54) is 25.0 Å². The molecule has 17 heavy (non-hydrogen) atoms. The Morgan fingerprint density at radius 2 is 2.29 bits per heavy atom. The fourth-order valence-electron chi connectivity index (χ4n) is 2.69. The molecule has 0 amide bonds. The van der Waals surface area contributed by atoms with Gasteiger partial charge in [-0.2, -0.15) is 11.8 Å². The molecule has 1 heterocycles. The fourth-order valence-corrected chi connectivity index (χ4v) is 3.75. The SMILES string of the molecule is CS[C@@H]1CCC[C@H]1N(C)CCc1ccccn1. The summed E-state index contributed by atoms with van der Waals surface area (Å²) in [6.07, 6.45) is 9.34. The smallest absolute Gasteiger partial charge is 0.0416 e. The lowest BCUT2D eigenvalue weighted by Gasteiger charge is -2.28. The van der Waals surface area contributed by atoms with E-state index in [1.807, 2.05) is 24.0 Å². The summed E-state index contributed by atoms with van der Waals surface area (Å²) in [6.45, 7) is 1.12. The minimum atomic E-state index is 0.772. The minimum Gasteiger partial charge on any atom is -0.302 e. The first-order chi connectivity index (χ1) is 8.31. The van der Waals surface area contributed by atoms with Crippen molar-refractivity contribution in [2.24, 2.45) is 0 Å². The molecule has 0 aliphatic heterocycles. The average molecular weight is 250 g/mol. The zero-order valence-corrected chi connectivity index (χ0v) is 11.6. The Balaban J connectivity index is 1.83. The largest absolute Gasteiger partial charge is 0.302 e. The van der Waals surface area contributed by atoms with Gasteiger partial charge in [0.25, 0.3) is 0 Å². The lowest BCUT2D eigenvalue weighted by molar-refractivity contribution is 0.252. The standard InChI is InChI=1S/C14H22N2S/c1-16(13-7-5-8-14(13)17-2)11-9-12-6-3-4-10-15-12/h3-4,6,10,13-14H,5,7-9,11H2,1-2H3/t13-,14-/m1/s1. The molecule has 2 nitrogen and oxygen atoms in total. The van der Waals surface area contributed by atoms with E-state index in [0.717, 1.165) is 24.3 Å². The van der Waals surface area contributed by atoms with Crippen LogP contribution in [0.4, 0.5) is 0 Å². The molecule has 1 aromatic rings. The van der Waals surface area contributed by atoms with Gasteiger partial charge in [0.05, 0.1) is 0 Å². The maximum Gasteiger partial charge on any atom is 0.0416 e. The molecule has 0 N–H and O–H groups in total. The van der Waals surface area contributed by atoms with Crippen LogP contribution >= 0.6 is 11.8 Å². The van der Waals surface area contributed by atoms with Crippen molar-refractivity contribution < 1.29 is 0 Å². The molecule has 1 aliphatic carbocycles. The highest BCUT2D eigenvalue weighted by Gasteiger charge is 2.29. The Morgan fingerprint density at radius 3 is 3.00 bits per heavy atom. The first-order valence-corrected chi connectivity index (χ1v) is 7.73. The molecular weight excluding hydrogens is 228 g/mol. The maximum absolute atomic E-state index is 4.38. The number of nitrogens with zero attached hydrogens (tertiary/aromatic N) is 2. The highest BCUT2D eigenvalue weighted by molar-refractivity contribution is 7.99. The molecule has 0 aromatic carbocycles. The first-order valence-electron chi connectivity index (χ1n) is 6.44. The molecule has 1 fully saturated rings. The van der Waals surface area contributed by atoms with Gasteiger partial charge in [0, 0.05) is 36.1 Å². The highest BCUT2D eigenvalue weighted by Crippen LogP contribution is 2.31. The predicted octanol–water partition coefficient (Wildman–Crippen LogP) is 2.84. The summed E-state index contributed by atoms with van der Waals surface area (Å²) in [6, 6.07) is 6.94. The minimum absolute atomic E-state index is 0.772. The second-order valence-corrected chi connectivity index (χ2v) is 5.90. The number of hydrogen-bond donors (Lipinski definition) is 0. The molecule has 1 aromatic heterocycles. The molecule has 2 rings (SSSR count). The van der Waals surface area contributed by atoms with Gasteiger partial charge in [0.2, 0.25) is 0 Å². The second kappa shape index (κ2) is 6.41. The van der Waals surface area contributed by atoms with E-state index < -0.39 is 0 Å². The number of hydrogen-bond acceptors (Lipinski definition) is 3. The Morgan fingerprint density at radius 1 is 1.41 bits per heavy atom. The van der Waals surface area contributed by atoms with Crippen LogP contribution in [-0.2, 0) is 6.42 Å². The van der Waals surface area contributed by atoms with Crippen LogP contribution in [0.3, 0.4) is 0 Å². The third-order valence-electron chi connectivity index (χ3n) is 3.73. The van der Waals surface area contributed by atoms with Gasteiger partial charge >= 0.3 is 0 Å². The van der Waals surface area contributed by atoms with Crippen LogP contribution in [0.1, 0.15) is 25.0 Å². The molecule has 1 aliphatic rings. The van der Waals surface area contributed by atoms with Crippen LogP contribution in [0.25, 0.3) is 0 Å². The monoisotopic (exact) mass is 250 g/mol. The summed E-state index contributed by atoms with van der Waals surface area (Å²) in [5, 5.41) is 0.837. The summed E-state index contributed by atoms with van der Waals surface area (Å²) in [7, 11) is 2.27. The zero-order valence-electron chi connectivity index (χ0n) is 10.8. The Labute approximate surface area is 109 Å². The zero-order chi connectivity index (χ0) is 12.1. The van der Waals surface area contributed by atoms with Gasteiger partial charge < -0.3 is 4.90 Å². The van der Waals surface area contributed by atoms with Crippen molar-refractivity contribution in [3.05, 3.63) is 30.1 Å². The lowest BCUT2D eigenvalue weighted by atomic mass is 10.2. The third kappa shape index (κ3) is 3.46. The van der Waals surface area contributed by atoms with E-state index in [2.05, 4.69) is 35.3 Å². The maximum atomic E-state index is 4.38. The van der Waals surface area contributed by atoms with Crippen LogP contribution in [-0.4, -0.2) is 41.0 Å². The van der Waals surface area contributed by atoms with Gasteiger partial charge in [-0.25, -0.2) is 0 Å². The van der Waals surface area contributed by atoms with E-state index >= 15 is 0 Å². The van der Waals surface area contributed by atoms with E-state index in [0.29, 0.717) is 0 Å². The summed E-state index contributed by atoms with van der Waals surface area (Å²) < 4.78 is 0. The van der Waals surface area contributed by atoms with Crippen LogP contribution in [0, 0.1) is 0 Å². The van der Waals surface area contributed by atoms with Crippen LogP contribution in [0.5, 0.6) is 0 Å². The summed E-state index contributed by atoms with van der Waals surface area (Å²) in [5.41, 5.74) is 1.21.